The lowest BCUT2D eigenvalue weighted by Crippen LogP contribution is -2.16. The molecule has 0 saturated heterocycles. The molecule has 1 heterocycles. The first-order valence-electron chi connectivity index (χ1n) is 6.16. The van der Waals surface area contributed by atoms with E-state index in [1.807, 2.05) is 24.1 Å². The number of rotatable bonds is 2. The lowest BCUT2D eigenvalue weighted by atomic mass is 9.88. The highest BCUT2D eigenvalue weighted by Gasteiger charge is 2.19. The molecule has 0 fully saturated rings. The standard InChI is InChI=1S/C14H17N3/c1-17-10-12(9-15-17)16-14-8-4-6-11-5-2-3-7-13(11)14/h2-3,5,7,9-10,14,16H,4,6,8H2,1H3. The van der Waals surface area contributed by atoms with Crippen LogP contribution in [0.15, 0.2) is 36.7 Å². The summed E-state index contributed by atoms with van der Waals surface area (Å²) in [6.45, 7) is 0. The SMILES string of the molecule is Cn1cc(NC2CCCc3ccccc32)cn1. The Morgan fingerprint density at radius 3 is 3.06 bits per heavy atom. The predicted octanol–water partition coefficient (Wildman–Crippen LogP) is 2.91. The smallest absolute Gasteiger partial charge is 0.0731 e. The second-order valence-corrected chi connectivity index (χ2v) is 4.69. The van der Waals surface area contributed by atoms with Gasteiger partial charge in [-0.25, -0.2) is 0 Å². The van der Waals surface area contributed by atoms with E-state index in [-0.39, 0.29) is 0 Å². The molecule has 3 heteroatoms. The van der Waals surface area contributed by atoms with Gasteiger partial charge in [0.15, 0.2) is 0 Å². The van der Waals surface area contributed by atoms with Crippen molar-refractivity contribution in [1.82, 2.24) is 9.78 Å². The van der Waals surface area contributed by atoms with Crippen LogP contribution in [0.25, 0.3) is 0 Å². The number of hydrogen-bond donors (Lipinski definition) is 1. The van der Waals surface area contributed by atoms with Gasteiger partial charge in [-0.15, -0.1) is 0 Å². The van der Waals surface area contributed by atoms with Gasteiger partial charge in [-0.2, -0.15) is 5.10 Å². The third kappa shape index (κ3) is 2.05. The molecule has 1 aliphatic carbocycles. The fraction of sp³-hybridized carbons (Fsp3) is 0.357. The van der Waals surface area contributed by atoms with Crippen molar-refractivity contribution in [3.8, 4) is 0 Å². The summed E-state index contributed by atoms with van der Waals surface area (Å²) in [5, 5.41) is 7.77. The van der Waals surface area contributed by atoms with Crippen molar-refractivity contribution in [2.45, 2.75) is 25.3 Å². The Hall–Kier alpha value is -1.77. The monoisotopic (exact) mass is 227 g/mol. The summed E-state index contributed by atoms with van der Waals surface area (Å²) in [7, 11) is 1.94. The topological polar surface area (TPSA) is 29.9 Å². The van der Waals surface area contributed by atoms with Crippen LogP contribution in [0.3, 0.4) is 0 Å². The van der Waals surface area contributed by atoms with Crippen molar-refractivity contribution in [3.63, 3.8) is 0 Å². The van der Waals surface area contributed by atoms with Gasteiger partial charge in [0, 0.05) is 13.2 Å². The van der Waals surface area contributed by atoms with E-state index in [4.69, 9.17) is 0 Å². The molecule has 0 bridgehead atoms. The summed E-state index contributed by atoms with van der Waals surface area (Å²) < 4.78 is 1.83. The highest BCUT2D eigenvalue weighted by molar-refractivity contribution is 5.44. The molecule has 0 spiro atoms. The number of nitrogens with one attached hydrogen (secondary N) is 1. The van der Waals surface area contributed by atoms with E-state index in [0.29, 0.717) is 6.04 Å². The lowest BCUT2D eigenvalue weighted by molar-refractivity contribution is 0.600. The maximum Gasteiger partial charge on any atom is 0.0731 e. The number of hydrogen-bond acceptors (Lipinski definition) is 2. The molecule has 3 nitrogen and oxygen atoms in total. The van der Waals surface area contributed by atoms with Crippen LogP contribution in [-0.4, -0.2) is 9.78 Å². The van der Waals surface area contributed by atoms with Crippen LogP contribution >= 0.6 is 0 Å². The third-order valence-corrected chi connectivity index (χ3v) is 3.42. The molecule has 1 unspecified atom stereocenters. The van der Waals surface area contributed by atoms with Crippen LogP contribution in [0.1, 0.15) is 30.0 Å². The van der Waals surface area contributed by atoms with E-state index >= 15 is 0 Å². The molecule has 1 aliphatic rings. The molecule has 1 aromatic carbocycles. The van der Waals surface area contributed by atoms with Crippen LogP contribution < -0.4 is 5.32 Å². The first-order chi connectivity index (χ1) is 8.33. The van der Waals surface area contributed by atoms with Gasteiger partial charge in [-0.1, -0.05) is 24.3 Å². The van der Waals surface area contributed by atoms with Gasteiger partial charge in [-0.05, 0) is 30.4 Å². The Labute approximate surface area is 101 Å². The highest BCUT2D eigenvalue weighted by atomic mass is 15.3. The molecular formula is C14H17N3. The maximum absolute atomic E-state index is 4.19. The molecule has 2 aromatic rings. The molecule has 0 amide bonds. The zero-order valence-corrected chi connectivity index (χ0v) is 10.1. The van der Waals surface area contributed by atoms with Crippen LogP contribution in [0.2, 0.25) is 0 Å². The van der Waals surface area contributed by atoms with Crippen molar-refractivity contribution < 1.29 is 0 Å². The van der Waals surface area contributed by atoms with Crippen molar-refractivity contribution in [2.75, 3.05) is 5.32 Å². The zero-order chi connectivity index (χ0) is 11.7. The number of fused-ring (bicyclic) bond motifs is 1. The molecule has 17 heavy (non-hydrogen) atoms. The number of aromatic nitrogens is 2. The van der Waals surface area contributed by atoms with Crippen LogP contribution in [0, 0.1) is 0 Å². The fourth-order valence-corrected chi connectivity index (χ4v) is 2.60. The summed E-state index contributed by atoms with van der Waals surface area (Å²) in [5.74, 6) is 0. The maximum atomic E-state index is 4.19. The largest absolute Gasteiger partial charge is 0.376 e. The van der Waals surface area contributed by atoms with Gasteiger partial charge < -0.3 is 5.32 Å². The normalized spacial score (nSPS) is 18.8. The number of aryl methyl sites for hydroxylation is 2. The first kappa shape index (κ1) is 10.4. The highest BCUT2D eigenvalue weighted by Crippen LogP contribution is 2.32. The Balaban J connectivity index is 1.85. The first-order valence-corrected chi connectivity index (χ1v) is 6.16. The second kappa shape index (κ2) is 4.24. The van der Waals surface area contributed by atoms with Crippen molar-refractivity contribution in [1.29, 1.82) is 0 Å². The van der Waals surface area contributed by atoms with E-state index in [9.17, 15) is 0 Å². The minimum atomic E-state index is 0.434. The summed E-state index contributed by atoms with van der Waals surface area (Å²) in [4.78, 5) is 0. The molecule has 1 aromatic heterocycles. The molecule has 3 rings (SSSR count). The van der Waals surface area contributed by atoms with Crippen molar-refractivity contribution in [3.05, 3.63) is 47.8 Å². The summed E-state index contributed by atoms with van der Waals surface area (Å²) in [6, 6.07) is 9.17. The quantitative estimate of drug-likeness (QED) is 0.855. The fourth-order valence-electron chi connectivity index (χ4n) is 2.60. The molecular weight excluding hydrogens is 210 g/mol. The van der Waals surface area contributed by atoms with Gasteiger partial charge in [-0.3, -0.25) is 4.68 Å². The zero-order valence-electron chi connectivity index (χ0n) is 10.1. The number of nitrogens with zero attached hydrogens (tertiary/aromatic N) is 2. The third-order valence-electron chi connectivity index (χ3n) is 3.42. The average Bonchev–Trinajstić information content (AvgIpc) is 2.75. The molecule has 1 N–H and O–H groups in total. The summed E-state index contributed by atoms with van der Waals surface area (Å²) >= 11 is 0. The lowest BCUT2D eigenvalue weighted by Gasteiger charge is -2.26. The van der Waals surface area contributed by atoms with E-state index < -0.39 is 0 Å². The van der Waals surface area contributed by atoms with Gasteiger partial charge in [0.05, 0.1) is 17.9 Å². The van der Waals surface area contributed by atoms with Crippen molar-refractivity contribution in [2.24, 2.45) is 7.05 Å². The Morgan fingerprint density at radius 2 is 2.24 bits per heavy atom. The minimum absolute atomic E-state index is 0.434. The average molecular weight is 227 g/mol. The Kier molecular flexibility index (Phi) is 2.59. The molecule has 0 aliphatic heterocycles. The van der Waals surface area contributed by atoms with Gasteiger partial charge in [0.25, 0.3) is 0 Å². The minimum Gasteiger partial charge on any atom is -0.376 e. The molecule has 0 radical (unpaired) electrons. The summed E-state index contributed by atoms with van der Waals surface area (Å²) in [5.41, 5.74) is 4.04. The number of anilines is 1. The Bertz CT molecular complexity index is 516. The van der Waals surface area contributed by atoms with Gasteiger partial charge in [0.2, 0.25) is 0 Å². The van der Waals surface area contributed by atoms with Crippen LogP contribution in [0.5, 0.6) is 0 Å². The number of benzene rings is 1. The van der Waals surface area contributed by atoms with E-state index in [2.05, 4.69) is 34.7 Å². The van der Waals surface area contributed by atoms with Crippen LogP contribution in [-0.2, 0) is 13.5 Å². The van der Waals surface area contributed by atoms with Crippen LogP contribution in [0.4, 0.5) is 5.69 Å². The van der Waals surface area contributed by atoms with Crippen molar-refractivity contribution >= 4 is 5.69 Å². The van der Waals surface area contributed by atoms with Gasteiger partial charge in [0.1, 0.15) is 0 Å². The predicted molar refractivity (Wildman–Crippen MR) is 69.0 cm³/mol. The van der Waals surface area contributed by atoms with E-state index in [1.165, 1.54) is 30.4 Å². The molecule has 0 saturated carbocycles. The Morgan fingerprint density at radius 1 is 1.35 bits per heavy atom. The second-order valence-electron chi connectivity index (χ2n) is 4.69. The molecule has 1 atom stereocenters. The van der Waals surface area contributed by atoms with E-state index in [0.717, 1.165) is 5.69 Å². The molecule has 88 valence electrons. The van der Waals surface area contributed by atoms with Gasteiger partial charge >= 0.3 is 0 Å². The van der Waals surface area contributed by atoms with E-state index in [1.54, 1.807) is 0 Å². The summed E-state index contributed by atoms with van der Waals surface area (Å²) in [6.07, 6.45) is 7.58.